The number of amides is 1. The maximum atomic E-state index is 12.3. The van der Waals surface area contributed by atoms with Gasteiger partial charge in [-0.3, -0.25) is 9.69 Å². The van der Waals surface area contributed by atoms with Crippen LogP contribution in [0, 0.1) is 5.92 Å². The summed E-state index contributed by atoms with van der Waals surface area (Å²) in [5.74, 6) is 0.697. The molecule has 4 heterocycles. The molecule has 6 heteroatoms. The second-order valence-electron chi connectivity index (χ2n) is 10.2. The van der Waals surface area contributed by atoms with Crippen molar-refractivity contribution in [2.24, 2.45) is 5.92 Å². The molecule has 6 nitrogen and oxygen atoms in total. The minimum atomic E-state index is 0.322. The van der Waals surface area contributed by atoms with Crippen molar-refractivity contribution < 1.29 is 4.79 Å². The predicted molar refractivity (Wildman–Crippen MR) is 143 cm³/mol. The maximum absolute atomic E-state index is 12.3. The summed E-state index contributed by atoms with van der Waals surface area (Å²) in [4.78, 5) is 28.1. The Labute approximate surface area is 210 Å². The number of aromatic nitrogens is 3. The molecule has 0 radical (unpaired) electrons. The largest absolute Gasteiger partial charge is 0.361 e. The molecule has 1 aliphatic carbocycles. The van der Waals surface area contributed by atoms with E-state index >= 15 is 0 Å². The summed E-state index contributed by atoms with van der Waals surface area (Å²) in [7, 11) is 0. The SMILES string of the molecule is O=C(C1CC1)N1CCN(Cc2ccc(-c3cnc4[nH]cc(-c5ccc6[nH]ccc6c5)c4c3)cc2)CC1. The first-order valence-corrected chi connectivity index (χ1v) is 12.9. The second-order valence-corrected chi connectivity index (χ2v) is 10.2. The summed E-state index contributed by atoms with van der Waals surface area (Å²) in [6, 6.07) is 19.7. The van der Waals surface area contributed by atoms with Gasteiger partial charge < -0.3 is 14.9 Å². The fourth-order valence-electron chi connectivity index (χ4n) is 5.40. The molecule has 3 aromatic heterocycles. The number of piperazine rings is 1. The van der Waals surface area contributed by atoms with Gasteiger partial charge in [0.2, 0.25) is 5.91 Å². The highest BCUT2D eigenvalue weighted by Crippen LogP contribution is 2.33. The summed E-state index contributed by atoms with van der Waals surface area (Å²) in [5, 5.41) is 2.34. The van der Waals surface area contributed by atoms with Gasteiger partial charge in [0.25, 0.3) is 0 Å². The van der Waals surface area contributed by atoms with E-state index in [0.29, 0.717) is 11.8 Å². The van der Waals surface area contributed by atoms with Crippen LogP contribution in [0.2, 0.25) is 0 Å². The van der Waals surface area contributed by atoms with Gasteiger partial charge in [-0.15, -0.1) is 0 Å². The van der Waals surface area contributed by atoms with Crippen LogP contribution >= 0.6 is 0 Å². The van der Waals surface area contributed by atoms with Gasteiger partial charge in [-0.05, 0) is 59.2 Å². The first-order chi connectivity index (χ1) is 17.7. The van der Waals surface area contributed by atoms with Gasteiger partial charge in [0.1, 0.15) is 5.65 Å². The van der Waals surface area contributed by atoms with E-state index in [4.69, 9.17) is 4.98 Å². The van der Waals surface area contributed by atoms with Crippen molar-refractivity contribution in [1.82, 2.24) is 24.8 Å². The van der Waals surface area contributed by atoms with Crippen LogP contribution in [0.25, 0.3) is 44.2 Å². The Morgan fingerprint density at radius 3 is 2.50 bits per heavy atom. The van der Waals surface area contributed by atoms with E-state index in [0.717, 1.165) is 67.7 Å². The molecule has 1 saturated carbocycles. The van der Waals surface area contributed by atoms with E-state index in [9.17, 15) is 4.79 Å². The van der Waals surface area contributed by atoms with Gasteiger partial charge in [-0.25, -0.2) is 4.98 Å². The van der Waals surface area contributed by atoms with Crippen molar-refractivity contribution >= 4 is 27.8 Å². The third kappa shape index (κ3) is 3.97. The molecule has 2 fully saturated rings. The molecular formula is C30H29N5O. The summed E-state index contributed by atoms with van der Waals surface area (Å²) in [5.41, 5.74) is 7.98. The molecule has 1 amide bonds. The van der Waals surface area contributed by atoms with Crippen molar-refractivity contribution in [3.05, 3.63) is 78.8 Å². The van der Waals surface area contributed by atoms with E-state index in [1.54, 1.807) is 0 Å². The summed E-state index contributed by atoms with van der Waals surface area (Å²) >= 11 is 0. The third-order valence-electron chi connectivity index (χ3n) is 7.70. The van der Waals surface area contributed by atoms with Crippen LogP contribution in [0.1, 0.15) is 18.4 Å². The number of hydrogen-bond donors (Lipinski definition) is 2. The van der Waals surface area contributed by atoms with Crippen LogP contribution in [0.3, 0.4) is 0 Å². The first-order valence-electron chi connectivity index (χ1n) is 12.9. The van der Waals surface area contributed by atoms with E-state index in [1.807, 2.05) is 12.4 Å². The van der Waals surface area contributed by atoms with Crippen molar-refractivity contribution in [3.8, 4) is 22.3 Å². The van der Waals surface area contributed by atoms with Gasteiger partial charge in [0.15, 0.2) is 0 Å². The molecule has 7 rings (SSSR count). The lowest BCUT2D eigenvalue weighted by molar-refractivity contribution is -0.134. The number of carbonyl (C=O) groups excluding carboxylic acids is 1. The highest BCUT2D eigenvalue weighted by atomic mass is 16.2. The number of carbonyl (C=O) groups is 1. The average Bonchev–Trinajstić information content (AvgIpc) is 3.52. The molecule has 1 aliphatic heterocycles. The maximum Gasteiger partial charge on any atom is 0.225 e. The Kier molecular flexibility index (Phi) is 5.13. The highest BCUT2D eigenvalue weighted by Gasteiger charge is 2.34. The van der Waals surface area contributed by atoms with Crippen LogP contribution in [0.15, 0.2) is 73.2 Å². The molecule has 1 saturated heterocycles. The molecule has 5 aromatic rings. The predicted octanol–water partition coefficient (Wildman–Crippen LogP) is 5.43. The molecule has 0 spiro atoms. The molecule has 2 N–H and O–H groups in total. The van der Waals surface area contributed by atoms with Crippen molar-refractivity contribution in [2.75, 3.05) is 26.2 Å². The van der Waals surface area contributed by atoms with Crippen molar-refractivity contribution in [2.45, 2.75) is 19.4 Å². The number of pyridine rings is 1. The number of nitrogens with zero attached hydrogens (tertiary/aromatic N) is 3. The van der Waals surface area contributed by atoms with Crippen LogP contribution in [-0.4, -0.2) is 56.8 Å². The van der Waals surface area contributed by atoms with Crippen molar-refractivity contribution in [3.63, 3.8) is 0 Å². The summed E-state index contributed by atoms with van der Waals surface area (Å²) < 4.78 is 0. The Morgan fingerprint density at radius 1 is 0.889 bits per heavy atom. The third-order valence-corrected chi connectivity index (χ3v) is 7.70. The van der Waals surface area contributed by atoms with Crippen molar-refractivity contribution in [1.29, 1.82) is 0 Å². The lowest BCUT2D eigenvalue weighted by Crippen LogP contribution is -2.48. The smallest absolute Gasteiger partial charge is 0.225 e. The van der Waals surface area contributed by atoms with E-state index in [-0.39, 0.29) is 0 Å². The second kappa shape index (κ2) is 8.64. The number of fused-ring (bicyclic) bond motifs is 2. The minimum Gasteiger partial charge on any atom is -0.361 e. The highest BCUT2D eigenvalue weighted by molar-refractivity contribution is 5.98. The van der Waals surface area contributed by atoms with Gasteiger partial charge >= 0.3 is 0 Å². The van der Waals surface area contributed by atoms with Gasteiger partial charge in [-0.2, -0.15) is 0 Å². The van der Waals surface area contributed by atoms with E-state index in [2.05, 4.69) is 80.6 Å². The number of aromatic amines is 2. The Hall–Kier alpha value is -3.90. The fourth-order valence-corrected chi connectivity index (χ4v) is 5.40. The fraction of sp³-hybridized carbons (Fsp3) is 0.267. The van der Waals surface area contributed by atoms with Crippen LogP contribution in [0.5, 0.6) is 0 Å². The lowest BCUT2D eigenvalue weighted by atomic mass is 10.0. The van der Waals surface area contributed by atoms with Gasteiger partial charge in [-0.1, -0.05) is 30.3 Å². The average molecular weight is 476 g/mol. The van der Waals surface area contributed by atoms with Gasteiger partial charge in [0, 0.05) is 79.3 Å². The molecule has 36 heavy (non-hydrogen) atoms. The van der Waals surface area contributed by atoms with Crippen LogP contribution in [0.4, 0.5) is 0 Å². The van der Waals surface area contributed by atoms with Gasteiger partial charge in [0.05, 0.1) is 0 Å². The molecular weight excluding hydrogens is 446 g/mol. The zero-order chi connectivity index (χ0) is 24.1. The summed E-state index contributed by atoms with van der Waals surface area (Å²) in [6.45, 7) is 4.54. The van der Waals surface area contributed by atoms with Crippen LogP contribution < -0.4 is 0 Å². The number of hydrogen-bond acceptors (Lipinski definition) is 3. The van der Waals surface area contributed by atoms with E-state index < -0.39 is 0 Å². The summed E-state index contributed by atoms with van der Waals surface area (Å²) in [6.07, 6.45) is 8.15. The Morgan fingerprint density at radius 2 is 1.69 bits per heavy atom. The molecule has 180 valence electrons. The quantitative estimate of drug-likeness (QED) is 0.356. The normalized spacial score (nSPS) is 16.7. The monoisotopic (exact) mass is 475 g/mol. The number of benzene rings is 2. The Balaban J connectivity index is 1.08. The first kappa shape index (κ1) is 21.4. The molecule has 0 unspecified atom stereocenters. The Bertz CT molecular complexity index is 1550. The molecule has 2 aromatic carbocycles. The van der Waals surface area contributed by atoms with Crippen LogP contribution in [-0.2, 0) is 11.3 Å². The topological polar surface area (TPSA) is 68.0 Å². The zero-order valence-electron chi connectivity index (χ0n) is 20.2. The minimum absolute atomic E-state index is 0.322. The molecule has 0 atom stereocenters. The molecule has 0 bridgehead atoms. The number of nitrogens with one attached hydrogen (secondary N) is 2. The lowest BCUT2D eigenvalue weighted by Gasteiger charge is -2.35. The number of H-pyrrole nitrogens is 2. The molecule has 2 aliphatic rings. The zero-order valence-corrected chi connectivity index (χ0v) is 20.2. The standard InChI is InChI=1S/C30H29N5O/c36-30(22-5-6-22)35-13-11-34(12-14-35)19-20-1-3-21(4-2-20)25-16-26-27(18-33-29(26)32-17-25)23-7-8-28-24(15-23)9-10-31-28/h1-4,7-10,15-18,22,31H,5-6,11-14,19H2,(H,32,33). The van der Waals surface area contributed by atoms with E-state index in [1.165, 1.54) is 27.6 Å². The number of rotatable bonds is 5.